The molecule has 7 nitrogen and oxygen atoms in total. The van der Waals surface area contributed by atoms with Gasteiger partial charge in [0.15, 0.2) is 5.78 Å². The van der Waals surface area contributed by atoms with Crippen LogP contribution in [0.2, 0.25) is 0 Å². The Hall–Kier alpha value is -3.48. The molecule has 2 aromatic rings. The molecule has 2 saturated carbocycles. The number of ether oxygens (including phenoxy) is 1. The van der Waals surface area contributed by atoms with E-state index < -0.39 is 18.2 Å². The van der Waals surface area contributed by atoms with Crippen molar-refractivity contribution >= 4 is 29.2 Å². The summed E-state index contributed by atoms with van der Waals surface area (Å²) < 4.78 is 5.46. The second-order valence-corrected chi connectivity index (χ2v) is 11.2. The zero-order valence-corrected chi connectivity index (χ0v) is 22.9. The molecular formula is C32H39N3O4. The number of rotatable bonds is 7. The lowest BCUT2D eigenvalue weighted by Crippen LogP contribution is -2.49. The largest absolute Gasteiger partial charge is 0.445 e. The van der Waals surface area contributed by atoms with Gasteiger partial charge >= 0.3 is 6.09 Å². The van der Waals surface area contributed by atoms with Crippen LogP contribution in [0.25, 0.3) is 0 Å². The summed E-state index contributed by atoms with van der Waals surface area (Å²) in [6.07, 6.45) is 8.54. The Morgan fingerprint density at radius 1 is 0.923 bits per heavy atom. The van der Waals surface area contributed by atoms with Crippen LogP contribution in [0, 0.1) is 18.8 Å². The maximum absolute atomic E-state index is 14.1. The molecule has 0 spiro atoms. The Morgan fingerprint density at radius 2 is 1.62 bits per heavy atom. The van der Waals surface area contributed by atoms with Crippen molar-refractivity contribution in [2.75, 3.05) is 11.4 Å². The van der Waals surface area contributed by atoms with Crippen LogP contribution >= 0.6 is 0 Å². The molecule has 0 bridgehead atoms. The van der Waals surface area contributed by atoms with E-state index in [4.69, 9.17) is 9.73 Å². The van der Waals surface area contributed by atoms with Crippen molar-refractivity contribution in [3.8, 4) is 0 Å². The van der Waals surface area contributed by atoms with Gasteiger partial charge in [0.05, 0.1) is 17.9 Å². The van der Waals surface area contributed by atoms with E-state index in [-0.39, 0.29) is 30.8 Å². The predicted molar refractivity (Wildman–Crippen MR) is 152 cm³/mol. The van der Waals surface area contributed by atoms with Gasteiger partial charge in [-0.3, -0.25) is 19.9 Å². The van der Waals surface area contributed by atoms with Crippen molar-refractivity contribution in [1.29, 1.82) is 0 Å². The first-order chi connectivity index (χ1) is 19.0. The number of benzodiazepines with no additional fused rings is 1. The molecule has 1 aliphatic heterocycles. The van der Waals surface area contributed by atoms with Gasteiger partial charge in [-0.05, 0) is 43.7 Å². The van der Waals surface area contributed by atoms with Crippen molar-refractivity contribution in [3.63, 3.8) is 0 Å². The number of Topliss-reactive ketones (excluding diaryl/α,β-unsaturated/α-hetero) is 1. The zero-order chi connectivity index (χ0) is 27.2. The van der Waals surface area contributed by atoms with E-state index >= 15 is 0 Å². The molecule has 0 aromatic heterocycles. The van der Waals surface area contributed by atoms with Crippen molar-refractivity contribution in [1.82, 2.24) is 5.32 Å². The maximum atomic E-state index is 14.1. The zero-order valence-electron chi connectivity index (χ0n) is 22.9. The first-order valence-electron chi connectivity index (χ1n) is 14.5. The Kier molecular flexibility index (Phi) is 8.74. The molecule has 39 heavy (non-hydrogen) atoms. The molecule has 0 unspecified atom stereocenters. The fourth-order valence-corrected chi connectivity index (χ4v) is 6.28. The minimum Gasteiger partial charge on any atom is -0.445 e. The second kappa shape index (κ2) is 12.6. The van der Waals surface area contributed by atoms with Crippen LogP contribution in [0.3, 0.4) is 0 Å². The summed E-state index contributed by atoms with van der Waals surface area (Å²) in [5.41, 5.74) is 4.27. The smallest absolute Gasteiger partial charge is 0.409 e. The minimum atomic E-state index is -1.16. The summed E-state index contributed by atoms with van der Waals surface area (Å²) in [4.78, 5) is 47.0. The lowest BCUT2D eigenvalue weighted by molar-refractivity contribution is -0.126. The number of ketones is 1. The highest BCUT2D eigenvalue weighted by Crippen LogP contribution is 2.36. The number of aryl methyl sites for hydroxylation is 1. The van der Waals surface area contributed by atoms with Crippen LogP contribution < -0.4 is 10.2 Å². The van der Waals surface area contributed by atoms with Crippen molar-refractivity contribution in [3.05, 3.63) is 65.2 Å². The van der Waals surface area contributed by atoms with Crippen LogP contribution in [0.5, 0.6) is 0 Å². The molecule has 1 atom stereocenters. The number of anilines is 1. The predicted octanol–water partition coefficient (Wildman–Crippen LogP) is 6.11. The summed E-state index contributed by atoms with van der Waals surface area (Å²) in [5.74, 6) is -0.130. The van der Waals surface area contributed by atoms with E-state index in [0.717, 1.165) is 85.9 Å². The first kappa shape index (κ1) is 27.1. The summed E-state index contributed by atoms with van der Waals surface area (Å²) in [6, 6.07) is 15.4. The number of carbonyl (C=O) groups is 3. The summed E-state index contributed by atoms with van der Waals surface area (Å²) >= 11 is 0. The fraction of sp³-hybridized carbons (Fsp3) is 0.500. The van der Waals surface area contributed by atoms with Crippen LogP contribution in [0.1, 0.15) is 80.9 Å². The molecule has 0 saturated heterocycles. The van der Waals surface area contributed by atoms with Crippen LogP contribution in [0.4, 0.5) is 10.5 Å². The highest BCUT2D eigenvalue weighted by atomic mass is 16.5. The van der Waals surface area contributed by atoms with Gasteiger partial charge in [-0.1, -0.05) is 87.1 Å². The molecule has 3 aliphatic rings. The molecule has 2 amide bonds. The SMILES string of the molecule is Cc1cccc2c1N(CC(=O)C1CCCCC1)C(=O)[C@@H](NC(=O)OCc1ccccc1)N=C2C1CCCCC1. The van der Waals surface area contributed by atoms with Gasteiger partial charge in [0, 0.05) is 17.4 Å². The van der Waals surface area contributed by atoms with Gasteiger partial charge in [-0.2, -0.15) is 0 Å². The molecule has 7 heteroatoms. The molecular weight excluding hydrogens is 490 g/mol. The summed E-state index contributed by atoms with van der Waals surface area (Å²) in [6.45, 7) is 2.06. The number of para-hydroxylation sites is 1. The lowest BCUT2D eigenvalue weighted by atomic mass is 9.82. The summed E-state index contributed by atoms with van der Waals surface area (Å²) in [5, 5.41) is 2.73. The number of alkyl carbamates (subject to hydrolysis) is 1. The average molecular weight is 530 g/mol. The normalized spacial score (nSPS) is 20.5. The van der Waals surface area contributed by atoms with Crippen molar-refractivity contribution in [2.24, 2.45) is 16.8 Å². The lowest BCUT2D eigenvalue weighted by Gasteiger charge is -2.29. The van der Waals surface area contributed by atoms with Gasteiger partial charge in [-0.25, -0.2) is 4.79 Å². The number of nitrogens with zero attached hydrogens (tertiary/aromatic N) is 2. The highest BCUT2D eigenvalue weighted by molar-refractivity contribution is 6.15. The number of hydrogen-bond donors (Lipinski definition) is 1. The van der Waals surface area contributed by atoms with Gasteiger partial charge in [0.25, 0.3) is 5.91 Å². The Balaban J connectivity index is 1.46. The van der Waals surface area contributed by atoms with Crippen LogP contribution in [0.15, 0.2) is 53.5 Å². The molecule has 2 aliphatic carbocycles. The van der Waals surface area contributed by atoms with E-state index in [0.29, 0.717) is 0 Å². The van der Waals surface area contributed by atoms with Gasteiger partial charge in [-0.15, -0.1) is 0 Å². The second-order valence-electron chi connectivity index (χ2n) is 11.2. The quantitative estimate of drug-likeness (QED) is 0.469. The Morgan fingerprint density at radius 3 is 2.33 bits per heavy atom. The molecule has 0 radical (unpaired) electrons. The van der Waals surface area contributed by atoms with E-state index in [1.54, 1.807) is 4.90 Å². The highest BCUT2D eigenvalue weighted by Gasteiger charge is 2.38. The van der Waals surface area contributed by atoms with Gasteiger partial charge < -0.3 is 9.64 Å². The monoisotopic (exact) mass is 529 g/mol. The number of amides is 2. The third-order valence-electron chi connectivity index (χ3n) is 8.39. The number of benzene rings is 2. The average Bonchev–Trinajstić information content (AvgIpc) is 3.09. The molecule has 206 valence electrons. The fourth-order valence-electron chi connectivity index (χ4n) is 6.28. The van der Waals surface area contributed by atoms with E-state index in [9.17, 15) is 14.4 Å². The molecule has 2 fully saturated rings. The van der Waals surface area contributed by atoms with Crippen LogP contribution in [-0.4, -0.2) is 36.2 Å². The minimum absolute atomic E-state index is 0.00787. The van der Waals surface area contributed by atoms with E-state index in [1.165, 1.54) is 6.42 Å². The summed E-state index contributed by atoms with van der Waals surface area (Å²) in [7, 11) is 0. The number of fused-ring (bicyclic) bond motifs is 1. The molecule has 2 aromatic carbocycles. The molecule has 5 rings (SSSR count). The third kappa shape index (κ3) is 6.40. The van der Waals surface area contributed by atoms with E-state index in [2.05, 4.69) is 5.32 Å². The molecule has 1 heterocycles. The Labute approximate surface area is 231 Å². The number of hydrogen-bond acceptors (Lipinski definition) is 5. The maximum Gasteiger partial charge on any atom is 0.409 e. The van der Waals surface area contributed by atoms with Gasteiger partial charge in [0.1, 0.15) is 6.61 Å². The van der Waals surface area contributed by atoms with Crippen LogP contribution in [-0.2, 0) is 20.9 Å². The van der Waals surface area contributed by atoms with E-state index in [1.807, 2.05) is 55.5 Å². The first-order valence-corrected chi connectivity index (χ1v) is 14.5. The topological polar surface area (TPSA) is 88.1 Å². The molecule has 1 N–H and O–H groups in total. The Bertz CT molecular complexity index is 1210. The van der Waals surface area contributed by atoms with Crippen molar-refractivity contribution < 1.29 is 19.1 Å². The number of carbonyl (C=O) groups excluding carboxylic acids is 3. The number of nitrogens with one attached hydrogen (secondary N) is 1. The van der Waals surface area contributed by atoms with Crippen molar-refractivity contribution in [2.45, 2.75) is 83.9 Å². The third-order valence-corrected chi connectivity index (χ3v) is 8.39. The van der Waals surface area contributed by atoms with Gasteiger partial charge in [0.2, 0.25) is 6.17 Å². The standard InChI is InChI=1S/C32H39N3O4/c1-22-12-11-19-26-28(25-17-9-4-10-18-25)33-30(34-32(38)39-21-23-13-5-2-6-14-23)31(37)35(29(22)26)20-27(36)24-15-7-3-8-16-24/h2,5-6,11-14,19,24-25,30H,3-4,7-10,15-18,20-21H2,1H3,(H,34,38)/t30-/m1/s1. The number of aliphatic imine (C=N–C) groups is 1.